The van der Waals surface area contributed by atoms with Crippen LogP contribution in [-0.2, 0) is 6.37 Å². The third-order valence-corrected chi connectivity index (χ3v) is 7.45. The fourth-order valence-electron chi connectivity index (χ4n) is 2.12. The first kappa shape index (κ1) is 12.6. The molecule has 2 rings (SSSR count). The van der Waals surface area contributed by atoms with Crippen LogP contribution in [0.2, 0.25) is 17.3 Å². The predicted octanol–water partition coefficient (Wildman–Crippen LogP) is 4.49. The number of pyridine rings is 1. The molecule has 1 aromatic carbocycles. The van der Waals surface area contributed by atoms with Gasteiger partial charge in [0.1, 0.15) is 0 Å². The summed E-state index contributed by atoms with van der Waals surface area (Å²) in [6, 6.07) is 12.0. The van der Waals surface area contributed by atoms with Gasteiger partial charge in [0.25, 0.3) is 0 Å². The molecule has 106 valence electrons. The van der Waals surface area contributed by atoms with Crippen molar-refractivity contribution in [2.24, 2.45) is 5.92 Å². The molecule has 0 fully saturated rings. The van der Waals surface area contributed by atoms with Gasteiger partial charge in [-0.3, -0.25) is 0 Å². The molecule has 0 bridgehead atoms. The maximum absolute atomic E-state index is 8.56. The SMILES string of the molecule is [2H]C([2H])(c1c[c]([Ge]([CH3])([CH3])[CH3])cnc1-c1ccccc1)C(C)C. The third kappa shape index (κ3) is 3.72. The van der Waals surface area contributed by atoms with Crippen LogP contribution >= 0.6 is 0 Å². The van der Waals surface area contributed by atoms with Gasteiger partial charge in [-0.1, -0.05) is 0 Å². The normalized spacial score (nSPS) is 14.1. The summed E-state index contributed by atoms with van der Waals surface area (Å²) in [5.74, 6) is 6.84. The Labute approximate surface area is 128 Å². The third-order valence-electron chi connectivity index (χ3n) is 3.25. The molecule has 1 aromatic heterocycles. The van der Waals surface area contributed by atoms with Gasteiger partial charge < -0.3 is 0 Å². The van der Waals surface area contributed by atoms with Crippen LogP contribution < -0.4 is 4.40 Å². The van der Waals surface area contributed by atoms with E-state index in [9.17, 15) is 0 Å². The van der Waals surface area contributed by atoms with E-state index in [1.807, 2.05) is 50.4 Å². The number of hydrogen-bond acceptors (Lipinski definition) is 1. The van der Waals surface area contributed by atoms with Gasteiger partial charge in [-0.05, 0) is 0 Å². The van der Waals surface area contributed by atoms with Crippen LogP contribution in [0, 0.1) is 5.92 Å². The van der Waals surface area contributed by atoms with E-state index in [1.165, 1.54) is 4.40 Å². The molecule has 0 spiro atoms. The van der Waals surface area contributed by atoms with E-state index >= 15 is 0 Å². The van der Waals surface area contributed by atoms with Crippen LogP contribution in [0.15, 0.2) is 42.6 Å². The fraction of sp³-hybridized carbons (Fsp3) is 0.389. The number of rotatable bonds is 4. The topological polar surface area (TPSA) is 12.9 Å². The Bertz CT molecular complexity index is 646. The van der Waals surface area contributed by atoms with Gasteiger partial charge in [-0.2, -0.15) is 0 Å². The Morgan fingerprint density at radius 1 is 1.15 bits per heavy atom. The molecule has 0 unspecified atom stereocenters. The first-order valence-electron chi connectivity index (χ1n) is 8.20. The first-order valence-corrected chi connectivity index (χ1v) is 14.5. The summed E-state index contributed by atoms with van der Waals surface area (Å²) in [4.78, 5) is 4.67. The van der Waals surface area contributed by atoms with Crippen molar-refractivity contribution >= 4 is 17.7 Å². The molecule has 0 aliphatic rings. The maximum atomic E-state index is 8.56. The number of hydrogen-bond donors (Lipinski definition) is 0. The molecule has 0 radical (unpaired) electrons. The van der Waals surface area contributed by atoms with E-state index in [2.05, 4.69) is 28.3 Å². The van der Waals surface area contributed by atoms with Crippen molar-refractivity contribution in [1.29, 1.82) is 0 Å². The van der Waals surface area contributed by atoms with Crippen LogP contribution in [0.5, 0.6) is 0 Å². The van der Waals surface area contributed by atoms with Gasteiger partial charge in [0.15, 0.2) is 0 Å². The number of benzene rings is 1. The van der Waals surface area contributed by atoms with Crippen molar-refractivity contribution in [1.82, 2.24) is 4.98 Å². The molecule has 0 aliphatic carbocycles. The van der Waals surface area contributed by atoms with Gasteiger partial charge >= 0.3 is 128 Å². The van der Waals surface area contributed by atoms with Gasteiger partial charge in [0.05, 0.1) is 0 Å². The quantitative estimate of drug-likeness (QED) is 0.753. The monoisotopic (exact) mass is 331 g/mol. The van der Waals surface area contributed by atoms with Crippen LogP contribution in [0.3, 0.4) is 0 Å². The van der Waals surface area contributed by atoms with Crippen molar-refractivity contribution in [3.8, 4) is 11.3 Å². The Morgan fingerprint density at radius 3 is 2.35 bits per heavy atom. The minimum atomic E-state index is -2.05. The summed E-state index contributed by atoms with van der Waals surface area (Å²) >= 11 is -2.05. The molecule has 20 heavy (non-hydrogen) atoms. The van der Waals surface area contributed by atoms with Crippen molar-refractivity contribution in [3.05, 3.63) is 48.2 Å². The Kier molecular flexibility index (Phi) is 3.87. The van der Waals surface area contributed by atoms with Crippen molar-refractivity contribution in [3.63, 3.8) is 0 Å². The summed E-state index contributed by atoms with van der Waals surface area (Å²) in [5, 5.41) is 0. The van der Waals surface area contributed by atoms with Crippen LogP contribution in [0.1, 0.15) is 22.2 Å². The standard InChI is InChI=1S/C18H25GeN/c1-14(2)11-16-12-17(19(3,4)5)13-20-18(16)15-9-7-6-8-10-15/h6-10,12-14H,11H2,1-5H3/i11D2. The summed E-state index contributed by atoms with van der Waals surface area (Å²) in [6.45, 7) is 3.86. The molecule has 2 heteroatoms. The van der Waals surface area contributed by atoms with E-state index in [4.69, 9.17) is 2.74 Å². The average molecular weight is 330 g/mol. The second-order valence-corrected chi connectivity index (χ2v) is 17.2. The molecule has 1 heterocycles. The van der Waals surface area contributed by atoms with E-state index in [0.29, 0.717) is 0 Å². The molecule has 0 saturated carbocycles. The molecule has 0 amide bonds. The molecule has 0 atom stereocenters. The molecule has 0 aliphatic heterocycles. The predicted molar refractivity (Wildman–Crippen MR) is 91.2 cm³/mol. The zero-order chi connectivity index (χ0) is 16.5. The van der Waals surface area contributed by atoms with E-state index in [-0.39, 0.29) is 5.92 Å². The fourth-order valence-corrected chi connectivity index (χ4v) is 4.28. The zero-order valence-corrected chi connectivity index (χ0v) is 15.2. The van der Waals surface area contributed by atoms with Crippen LogP contribution in [0.25, 0.3) is 11.3 Å². The van der Waals surface area contributed by atoms with E-state index in [1.54, 1.807) is 0 Å². The molecule has 2 aromatic rings. The van der Waals surface area contributed by atoms with Gasteiger partial charge in [-0.25, -0.2) is 0 Å². The molecule has 1 nitrogen and oxygen atoms in total. The Hall–Kier alpha value is -1.09. The number of nitrogens with zero attached hydrogens (tertiary/aromatic N) is 1. The molecule has 0 saturated heterocycles. The number of aromatic nitrogens is 1. The van der Waals surface area contributed by atoms with E-state index < -0.39 is 19.6 Å². The Balaban J connectivity index is 2.69. The van der Waals surface area contributed by atoms with Gasteiger partial charge in [0, 0.05) is 0 Å². The molecule has 0 N–H and O–H groups in total. The summed E-state index contributed by atoms with van der Waals surface area (Å²) < 4.78 is 18.4. The van der Waals surface area contributed by atoms with Crippen LogP contribution in [-0.4, -0.2) is 18.3 Å². The summed E-state index contributed by atoms with van der Waals surface area (Å²) in [5.41, 5.74) is 2.48. The summed E-state index contributed by atoms with van der Waals surface area (Å²) in [6.07, 6.45) is 0.573. The summed E-state index contributed by atoms with van der Waals surface area (Å²) in [7, 11) is 0. The van der Waals surface area contributed by atoms with E-state index in [0.717, 1.165) is 16.8 Å². The average Bonchev–Trinajstić information content (AvgIpc) is 2.46. The van der Waals surface area contributed by atoms with Crippen molar-refractivity contribution in [2.75, 3.05) is 0 Å². The minimum absolute atomic E-state index is 0.0977. The molecular weight excluding hydrogens is 303 g/mol. The first-order chi connectivity index (χ1) is 10.1. The zero-order valence-electron chi connectivity index (χ0n) is 15.1. The van der Waals surface area contributed by atoms with Gasteiger partial charge in [0.2, 0.25) is 0 Å². The second-order valence-electron chi connectivity index (χ2n) is 6.54. The van der Waals surface area contributed by atoms with Crippen LogP contribution in [0.4, 0.5) is 0 Å². The van der Waals surface area contributed by atoms with Crippen molar-refractivity contribution < 1.29 is 2.74 Å². The second kappa shape index (κ2) is 6.13. The molecular formula is C18H25GeN. The Morgan fingerprint density at radius 2 is 1.80 bits per heavy atom. The van der Waals surface area contributed by atoms with Crippen molar-refractivity contribution in [2.45, 2.75) is 37.5 Å². The van der Waals surface area contributed by atoms with Gasteiger partial charge in [-0.15, -0.1) is 0 Å².